The summed E-state index contributed by atoms with van der Waals surface area (Å²) in [6.45, 7) is 1.41. The number of nitrogens with zero attached hydrogens (tertiary/aromatic N) is 1. The second-order valence-corrected chi connectivity index (χ2v) is 2.75. The van der Waals surface area contributed by atoms with Crippen molar-refractivity contribution in [2.45, 2.75) is 6.92 Å². The lowest BCUT2D eigenvalue weighted by atomic mass is 10.2. The van der Waals surface area contributed by atoms with Crippen molar-refractivity contribution in [3.8, 4) is 0 Å². The van der Waals surface area contributed by atoms with Gasteiger partial charge in [0.15, 0.2) is 5.84 Å². The lowest BCUT2D eigenvalue weighted by Crippen LogP contribution is -2.14. The van der Waals surface area contributed by atoms with Gasteiger partial charge < -0.3 is 16.3 Å². The summed E-state index contributed by atoms with van der Waals surface area (Å²) in [4.78, 5) is 10.7. The van der Waals surface area contributed by atoms with Gasteiger partial charge in [-0.25, -0.2) is 0 Å². The summed E-state index contributed by atoms with van der Waals surface area (Å²) >= 11 is 0. The van der Waals surface area contributed by atoms with Gasteiger partial charge in [0.05, 0.1) is 0 Å². The van der Waals surface area contributed by atoms with Crippen molar-refractivity contribution in [2.24, 2.45) is 10.9 Å². The Labute approximate surface area is 81.2 Å². The lowest BCUT2D eigenvalue weighted by molar-refractivity contribution is -0.114. The van der Waals surface area contributed by atoms with Gasteiger partial charge in [-0.05, 0) is 12.1 Å². The molecule has 0 atom stereocenters. The molecular formula is C9H11N3O2. The van der Waals surface area contributed by atoms with Gasteiger partial charge in [0, 0.05) is 18.2 Å². The number of nitrogens with two attached hydrogens (primary N) is 1. The minimum Gasteiger partial charge on any atom is -0.409 e. The van der Waals surface area contributed by atoms with E-state index in [0.29, 0.717) is 11.3 Å². The van der Waals surface area contributed by atoms with Crippen molar-refractivity contribution in [1.82, 2.24) is 0 Å². The molecule has 0 spiro atoms. The number of nitrogens with one attached hydrogen (secondary N) is 1. The number of carbonyl (C=O) groups is 1. The molecule has 0 aromatic heterocycles. The molecule has 0 aliphatic heterocycles. The van der Waals surface area contributed by atoms with Crippen LogP contribution < -0.4 is 11.1 Å². The van der Waals surface area contributed by atoms with Crippen molar-refractivity contribution in [2.75, 3.05) is 5.32 Å². The van der Waals surface area contributed by atoms with E-state index in [0.717, 1.165) is 0 Å². The van der Waals surface area contributed by atoms with E-state index in [9.17, 15) is 4.79 Å². The molecule has 0 radical (unpaired) electrons. The number of hydrogen-bond acceptors (Lipinski definition) is 3. The first-order valence-corrected chi connectivity index (χ1v) is 3.99. The zero-order valence-electron chi connectivity index (χ0n) is 7.69. The molecule has 1 aromatic carbocycles. The van der Waals surface area contributed by atoms with Crippen LogP contribution in [0.5, 0.6) is 0 Å². The Balaban J connectivity index is 2.95. The summed E-state index contributed by atoms with van der Waals surface area (Å²) in [6, 6.07) is 6.73. The Morgan fingerprint density at radius 3 is 2.86 bits per heavy atom. The maximum absolute atomic E-state index is 10.7. The highest BCUT2D eigenvalue weighted by Gasteiger charge is 2.00. The highest BCUT2D eigenvalue weighted by atomic mass is 16.4. The first kappa shape index (κ1) is 10.0. The van der Waals surface area contributed by atoms with Crippen molar-refractivity contribution in [3.63, 3.8) is 0 Å². The topological polar surface area (TPSA) is 87.7 Å². The predicted molar refractivity (Wildman–Crippen MR) is 53.3 cm³/mol. The Morgan fingerprint density at radius 2 is 2.29 bits per heavy atom. The molecule has 1 rings (SSSR count). The molecule has 0 aliphatic carbocycles. The summed E-state index contributed by atoms with van der Waals surface area (Å²) in [5, 5.41) is 13.9. The van der Waals surface area contributed by atoms with Crippen molar-refractivity contribution < 1.29 is 10.0 Å². The number of hydrogen-bond donors (Lipinski definition) is 3. The van der Waals surface area contributed by atoms with Crippen molar-refractivity contribution >= 4 is 17.4 Å². The van der Waals surface area contributed by atoms with E-state index in [4.69, 9.17) is 10.9 Å². The number of oxime groups is 1. The maximum atomic E-state index is 10.7. The van der Waals surface area contributed by atoms with Gasteiger partial charge in [-0.3, -0.25) is 4.79 Å². The molecule has 0 saturated heterocycles. The largest absolute Gasteiger partial charge is 0.409 e. The minimum absolute atomic E-state index is 0.0113. The van der Waals surface area contributed by atoms with Crippen LogP contribution in [0, 0.1) is 0 Å². The maximum Gasteiger partial charge on any atom is 0.221 e. The van der Waals surface area contributed by atoms with Crippen LogP contribution in [0.3, 0.4) is 0 Å². The minimum atomic E-state index is -0.165. The van der Waals surface area contributed by atoms with E-state index in [1.165, 1.54) is 6.92 Å². The fourth-order valence-electron chi connectivity index (χ4n) is 1.02. The van der Waals surface area contributed by atoms with Crippen LogP contribution in [-0.4, -0.2) is 17.0 Å². The molecule has 0 fully saturated rings. The third-order valence-electron chi connectivity index (χ3n) is 1.59. The molecule has 14 heavy (non-hydrogen) atoms. The summed E-state index contributed by atoms with van der Waals surface area (Å²) < 4.78 is 0. The monoisotopic (exact) mass is 193 g/mol. The van der Waals surface area contributed by atoms with Crippen LogP contribution in [0.2, 0.25) is 0 Å². The van der Waals surface area contributed by atoms with E-state index >= 15 is 0 Å². The first-order chi connectivity index (χ1) is 6.63. The molecule has 0 heterocycles. The van der Waals surface area contributed by atoms with Gasteiger partial charge in [0.25, 0.3) is 0 Å². The zero-order chi connectivity index (χ0) is 10.6. The number of amides is 1. The average Bonchev–Trinajstić information content (AvgIpc) is 2.16. The van der Waals surface area contributed by atoms with Crippen LogP contribution in [0.4, 0.5) is 5.69 Å². The average molecular weight is 193 g/mol. The van der Waals surface area contributed by atoms with Gasteiger partial charge in [0.1, 0.15) is 0 Å². The zero-order valence-corrected chi connectivity index (χ0v) is 7.69. The van der Waals surface area contributed by atoms with E-state index < -0.39 is 0 Å². The number of rotatable bonds is 2. The second kappa shape index (κ2) is 4.27. The van der Waals surface area contributed by atoms with Gasteiger partial charge in [-0.2, -0.15) is 0 Å². The number of carbonyl (C=O) groups excluding carboxylic acids is 1. The Bertz CT molecular complexity index is 374. The first-order valence-electron chi connectivity index (χ1n) is 3.99. The van der Waals surface area contributed by atoms with E-state index in [1.807, 2.05) is 0 Å². The Hall–Kier alpha value is -2.04. The standard InChI is InChI=1S/C9H11N3O2/c1-6(13)11-8-4-2-3-7(5-8)9(10)12-14/h2-5,14H,1H3,(H2,10,12)(H,11,13). The predicted octanol–water partition coefficient (Wildman–Crippen LogP) is 0.739. The van der Waals surface area contributed by atoms with E-state index in [2.05, 4.69) is 10.5 Å². The summed E-state index contributed by atoms with van der Waals surface area (Å²) in [7, 11) is 0. The molecule has 1 amide bonds. The molecule has 0 unspecified atom stereocenters. The third kappa shape index (κ3) is 2.48. The SMILES string of the molecule is CC(=O)Nc1cccc(/C(N)=N\O)c1. The van der Waals surface area contributed by atoms with Gasteiger partial charge >= 0.3 is 0 Å². The van der Waals surface area contributed by atoms with Crippen molar-refractivity contribution in [1.29, 1.82) is 0 Å². The number of anilines is 1. The smallest absolute Gasteiger partial charge is 0.221 e. The van der Waals surface area contributed by atoms with Gasteiger partial charge in [-0.15, -0.1) is 0 Å². The molecule has 0 saturated carbocycles. The number of benzene rings is 1. The fraction of sp³-hybridized carbons (Fsp3) is 0.111. The fourth-order valence-corrected chi connectivity index (χ4v) is 1.02. The Morgan fingerprint density at radius 1 is 1.57 bits per heavy atom. The molecule has 4 N–H and O–H groups in total. The molecule has 0 bridgehead atoms. The van der Waals surface area contributed by atoms with E-state index in [1.54, 1.807) is 24.3 Å². The van der Waals surface area contributed by atoms with Crippen LogP contribution in [0.1, 0.15) is 12.5 Å². The van der Waals surface area contributed by atoms with Gasteiger partial charge in [-0.1, -0.05) is 17.3 Å². The normalized spacial score (nSPS) is 11.1. The lowest BCUT2D eigenvalue weighted by Gasteiger charge is -2.03. The molecule has 5 nitrogen and oxygen atoms in total. The van der Waals surface area contributed by atoms with Crippen LogP contribution >= 0.6 is 0 Å². The highest BCUT2D eigenvalue weighted by molar-refractivity contribution is 5.98. The summed E-state index contributed by atoms with van der Waals surface area (Å²) in [5.74, 6) is -0.154. The van der Waals surface area contributed by atoms with Crippen molar-refractivity contribution in [3.05, 3.63) is 29.8 Å². The van der Waals surface area contributed by atoms with Gasteiger partial charge in [0.2, 0.25) is 5.91 Å². The van der Waals surface area contributed by atoms with E-state index in [-0.39, 0.29) is 11.7 Å². The van der Waals surface area contributed by atoms with Crippen LogP contribution in [0.25, 0.3) is 0 Å². The molecule has 1 aromatic rings. The third-order valence-corrected chi connectivity index (χ3v) is 1.59. The molecule has 5 heteroatoms. The number of amidine groups is 1. The van der Waals surface area contributed by atoms with Crippen LogP contribution in [-0.2, 0) is 4.79 Å². The summed E-state index contributed by atoms with van der Waals surface area (Å²) in [5.41, 5.74) is 6.55. The Kier molecular flexibility index (Phi) is 3.06. The quantitative estimate of drug-likeness (QED) is 0.280. The second-order valence-electron chi connectivity index (χ2n) is 2.75. The summed E-state index contributed by atoms with van der Waals surface area (Å²) in [6.07, 6.45) is 0. The van der Waals surface area contributed by atoms with Crippen LogP contribution in [0.15, 0.2) is 29.4 Å². The molecule has 0 aliphatic rings. The highest BCUT2D eigenvalue weighted by Crippen LogP contribution is 2.09. The molecular weight excluding hydrogens is 182 g/mol. The molecule has 74 valence electrons.